The van der Waals surface area contributed by atoms with Crippen LogP contribution in [-0.4, -0.2) is 0 Å². The van der Waals surface area contributed by atoms with Crippen LogP contribution in [0, 0.1) is 6.07 Å². The summed E-state index contributed by atoms with van der Waals surface area (Å²) in [7, 11) is 0. The molecule has 0 atom stereocenters. The minimum atomic E-state index is 0. The van der Waals surface area contributed by atoms with Crippen molar-refractivity contribution in [3.05, 3.63) is 60.7 Å². The first-order valence-electron chi connectivity index (χ1n) is 4.15. The zero-order valence-corrected chi connectivity index (χ0v) is 10.9. The maximum Gasteiger partial charge on any atom is 1.00 e. The molecule has 0 aliphatic carbocycles. The third kappa shape index (κ3) is 3.50. The molecule has 0 N–H and O–H groups in total. The van der Waals surface area contributed by atoms with Gasteiger partial charge in [0, 0.05) is 4.90 Å². The van der Waals surface area contributed by atoms with E-state index in [1.165, 1.54) is 4.90 Å². The van der Waals surface area contributed by atoms with E-state index in [0.717, 1.165) is 4.90 Å². The van der Waals surface area contributed by atoms with Gasteiger partial charge in [0.2, 0.25) is 0 Å². The molecule has 0 aliphatic heterocycles. The average molecular weight is 208 g/mol. The molecular weight excluding hydrogens is 199 g/mol. The average Bonchev–Trinajstić information content (AvgIpc) is 2.21. The summed E-state index contributed by atoms with van der Waals surface area (Å²) in [5.41, 5.74) is 0. The molecule has 0 unspecified atom stereocenters. The molecule has 0 nitrogen and oxygen atoms in total. The van der Waals surface area contributed by atoms with Gasteiger partial charge in [0.25, 0.3) is 0 Å². The minimum Gasteiger partial charge on any atom is -0.176 e. The van der Waals surface area contributed by atoms with Crippen molar-refractivity contribution in [3.63, 3.8) is 0 Å². The smallest absolute Gasteiger partial charge is 0.176 e. The summed E-state index contributed by atoms with van der Waals surface area (Å²) in [6, 6.07) is 21.5. The second-order valence-corrected chi connectivity index (χ2v) is 3.76. The van der Waals surface area contributed by atoms with Crippen LogP contribution in [0.3, 0.4) is 0 Å². The fourth-order valence-electron chi connectivity index (χ4n) is 1.06. The summed E-state index contributed by atoms with van der Waals surface area (Å²) in [6.07, 6.45) is 0. The quantitative estimate of drug-likeness (QED) is 0.515. The van der Waals surface area contributed by atoms with E-state index >= 15 is 0 Å². The van der Waals surface area contributed by atoms with Crippen LogP contribution in [0.5, 0.6) is 0 Å². The molecule has 0 fully saturated rings. The third-order valence-corrected chi connectivity index (χ3v) is 2.63. The molecule has 2 aromatic carbocycles. The Bertz CT molecular complexity index is 321. The van der Waals surface area contributed by atoms with Crippen LogP contribution in [-0.2, 0) is 0 Å². The number of rotatable bonds is 2. The van der Waals surface area contributed by atoms with Crippen molar-refractivity contribution in [3.8, 4) is 0 Å². The second kappa shape index (κ2) is 6.31. The van der Waals surface area contributed by atoms with E-state index < -0.39 is 0 Å². The SMILES string of the molecule is [Na+].[c-]1ccccc1Sc1ccccc1. The Morgan fingerprint density at radius 2 is 1.57 bits per heavy atom. The van der Waals surface area contributed by atoms with E-state index in [4.69, 9.17) is 0 Å². The van der Waals surface area contributed by atoms with Gasteiger partial charge >= 0.3 is 29.6 Å². The molecular formula is C12H9NaS. The standard InChI is InChI=1S/C12H9S.Na/c1-3-7-11(8-4-1)13-12-9-5-2-6-10-12;/h1-9H;/q-1;+1. The molecule has 64 valence electrons. The number of hydrogen-bond donors (Lipinski definition) is 0. The number of benzene rings is 2. The molecule has 2 aromatic rings. The molecule has 0 saturated heterocycles. The fourth-order valence-corrected chi connectivity index (χ4v) is 1.88. The Kier molecular flexibility index (Phi) is 5.34. The first-order valence-corrected chi connectivity index (χ1v) is 4.96. The van der Waals surface area contributed by atoms with Crippen LogP contribution >= 0.6 is 11.8 Å². The molecule has 0 amide bonds. The van der Waals surface area contributed by atoms with Crippen molar-refractivity contribution in [2.45, 2.75) is 9.79 Å². The zero-order valence-electron chi connectivity index (χ0n) is 8.10. The van der Waals surface area contributed by atoms with Gasteiger partial charge in [0.05, 0.1) is 0 Å². The monoisotopic (exact) mass is 208 g/mol. The summed E-state index contributed by atoms with van der Waals surface area (Å²) >= 11 is 1.73. The van der Waals surface area contributed by atoms with Gasteiger partial charge in [0.15, 0.2) is 0 Å². The summed E-state index contributed by atoms with van der Waals surface area (Å²) in [5.74, 6) is 0. The van der Waals surface area contributed by atoms with E-state index in [1.54, 1.807) is 11.8 Å². The van der Waals surface area contributed by atoms with Gasteiger partial charge in [-0.2, -0.15) is 30.3 Å². The van der Waals surface area contributed by atoms with Gasteiger partial charge in [-0.05, 0) is 12.1 Å². The van der Waals surface area contributed by atoms with Crippen molar-refractivity contribution >= 4 is 11.8 Å². The van der Waals surface area contributed by atoms with E-state index in [1.807, 2.05) is 36.4 Å². The maximum absolute atomic E-state index is 3.18. The first kappa shape index (κ1) is 11.9. The van der Waals surface area contributed by atoms with Crippen LogP contribution in [0.4, 0.5) is 0 Å². The molecule has 14 heavy (non-hydrogen) atoms. The van der Waals surface area contributed by atoms with Gasteiger partial charge in [-0.25, -0.2) is 0 Å². The van der Waals surface area contributed by atoms with Crippen LogP contribution in [0.25, 0.3) is 0 Å². The largest absolute Gasteiger partial charge is 1.00 e. The van der Waals surface area contributed by atoms with Crippen molar-refractivity contribution in [2.24, 2.45) is 0 Å². The van der Waals surface area contributed by atoms with E-state index in [0.29, 0.717) is 0 Å². The van der Waals surface area contributed by atoms with Gasteiger partial charge in [-0.3, -0.25) is 0 Å². The predicted molar refractivity (Wildman–Crippen MR) is 55.8 cm³/mol. The molecule has 0 spiro atoms. The van der Waals surface area contributed by atoms with Gasteiger partial charge in [-0.1, -0.05) is 18.2 Å². The maximum atomic E-state index is 3.18. The van der Waals surface area contributed by atoms with Gasteiger partial charge in [0.1, 0.15) is 0 Å². The van der Waals surface area contributed by atoms with Crippen LogP contribution in [0.1, 0.15) is 0 Å². The van der Waals surface area contributed by atoms with Crippen LogP contribution in [0.15, 0.2) is 64.4 Å². The Hall–Kier alpha value is -0.210. The Morgan fingerprint density at radius 3 is 2.21 bits per heavy atom. The molecule has 2 heteroatoms. The van der Waals surface area contributed by atoms with E-state index in [2.05, 4.69) is 24.3 Å². The summed E-state index contributed by atoms with van der Waals surface area (Å²) in [6.45, 7) is 0. The Labute approximate surface area is 111 Å². The van der Waals surface area contributed by atoms with E-state index in [9.17, 15) is 0 Å². The zero-order chi connectivity index (χ0) is 8.93. The number of hydrogen-bond acceptors (Lipinski definition) is 1. The molecule has 0 aliphatic rings. The van der Waals surface area contributed by atoms with E-state index in [-0.39, 0.29) is 29.6 Å². The fraction of sp³-hybridized carbons (Fsp3) is 0. The normalized spacial score (nSPS) is 9.14. The summed E-state index contributed by atoms with van der Waals surface area (Å²) in [5, 5.41) is 0. The summed E-state index contributed by atoms with van der Waals surface area (Å²) < 4.78 is 0. The molecule has 2 rings (SSSR count). The van der Waals surface area contributed by atoms with Gasteiger partial charge < -0.3 is 0 Å². The van der Waals surface area contributed by atoms with Crippen molar-refractivity contribution in [2.75, 3.05) is 0 Å². The first-order chi connectivity index (χ1) is 6.45. The Morgan fingerprint density at radius 1 is 0.857 bits per heavy atom. The summed E-state index contributed by atoms with van der Waals surface area (Å²) in [4.78, 5) is 2.42. The van der Waals surface area contributed by atoms with Crippen molar-refractivity contribution in [1.82, 2.24) is 0 Å². The van der Waals surface area contributed by atoms with Crippen molar-refractivity contribution in [1.29, 1.82) is 0 Å². The minimum absolute atomic E-state index is 0. The molecule has 0 aromatic heterocycles. The molecule has 0 heterocycles. The second-order valence-electron chi connectivity index (χ2n) is 2.64. The Balaban J connectivity index is 0.000000980. The third-order valence-electron chi connectivity index (χ3n) is 1.65. The van der Waals surface area contributed by atoms with Crippen molar-refractivity contribution < 1.29 is 29.6 Å². The van der Waals surface area contributed by atoms with Crippen LogP contribution in [0.2, 0.25) is 0 Å². The van der Waals surface area contributed by atoms with Crippen LogP contribution < -0.4 is 29.6 Å². The predicted octanol–water partition coefficient (Wildman–Crippen LogP) is 0.642. The molecule has 0 saturated carbocycles. The van der Waals surface area contributed by atoms with Gasteiger partial charge in [-0.15, -0.1) is 16.7 Å². The molecule has 0 radical (unpaired) electrons. The topological polar surface area (TPSA) is 0 Å². The molecule has 0 bridgehead atoms.